The van der Waals surface area contributed by atoms with Gasteiger partial charge in [-0.05, 0) is 42.0 Å². The highest BCUT2D eigenvalue weighted by atomic mass is 19.4. The lowest BCUT2D eigenvalue weighted by atomic mass is 9.85. The molecule has 114 valence electrons. The molecule has 4 heteroatoms. The molecule has 0 unspecified atom stereocenters. The maximum Gasteiger partial charge on any atom is 0.416 e. The molecule has 0 aromatic heterocycles. The predicted octanol–water partition coefficient (Wildman–Crippen LogP) is 4.72. The summed E-state index contributed by atoms with van der Waals surface area (Å²) in [6, 6.07) is 5.35. The molecule has 0 bridgehead atoms. The fourth-order valence-electron chi connectivity index (χ4n) is 2.44. The minimum Gasteiger partial charge on any atom is -0.312 e. The SMILES string of the molecule is CC(C)C(CNCc1ccc(C(F)(F)F)cc1)C(C)C. The van der Waals surface area contributed by atoms with Crippen molar-refractivity contribution in [3.63, 3.8) is 0 Å². The van der Waals surface area contributed by atoms with Crippen molar-refractivity contribution in [3.8, 4) is 0 Å². The third kappa shape index (κ3) is 5.16. The highest BCUT2D eigenvalue weighted by molar-refractivity contribution is 5.24. The summed E-state index contributed by atoms with van der Waals surface area (Å²) in [5, 5.41) is 3.34. The van der Waals surface area contributed by atoms with E-state index in [2.05, 4.69) is 33.0 Å². The van der Waals surface area contributed by atoms with E-state index in [0.717, 1.165) is 24.2 Å². The van der Waals surface area contributed by atoms with Crippen LogP contribution in [0.1, 0.15) is 38.8 Å². The van der Waals surface area contributed by atoms with Crippen LogP contribution in [0, 0.1) is 17.8 Å². The third-order valence-electron chi connectivity index (χ3n) is 3.70. The van der Waals surface area contributed by atoms with Crippen LogP contribution in [0.4, 0.5) is 13.2 Å². The second-order valence-corrected chi connectivity index (χ2v) is 5.98. The summed E-state index contributed by atoms with van der Waals surface area (Å²) in [7, 11) is 0. The average Bonchev–Trinajstić information content (AvgIpc) is 2.33. The molecule has 0 radical (unpaired) electrons. The first kappa shape index (κ1) is 17.0. The van der Waals surface area contributed by atoms with Crippen LogP contribution in [0.5, 0.6) is 0 Å². The minimum absolute atomic E-state index is 0.574. The average molecular weight is 287 g/mol. The quantitative estimate of drug-likeness (QED) is 0.798. The van der Waals surface area contributed by atoms with Crippen molar-refractivity contribution in [3.05, 3.63) is 35.4 Å². The summed E-state index contributed by atoms with van der Waals surface area (Å²) in [6.07, 6.45) is -4.26. The van der Waals surface area contributed by atoms with E-state index in [1.165, 1.54) is 12.1 Å². The molecule has 0 spiro atoms. The second kappa shape index (κ2) is 7.11. The van der Waals surface area contributed by atoms with E-state index < -0.39 is 11.7 Å². The first-order valence-electron chi connectivity index (χ1n) is 7.08. The Morgan fingerprint density at radius 2 is 1.45 bits per heavy atom. The molecule has 0 atom stereocenters. The number of halogens is 3. The van der Waals surface area contributed by atoms with Gasteiger partial charge in [0.15, 0.2) is 0 Å². The van der Waals surface area contributed by atoms with Crippen molar-refractivity contribution < 1.29 is 13.2 Å². The van der Waals surface area contributed by atoms with Crippen LogP contribution in [-0.2, 0) is 12.7 Å². The van der Waals surface area contributed by atoms with E-state index in [0.29, 0.717) is 24.3 Å². The summed E-state index contributed by atoms with van der Waals surface area (Å²) >= 11 is 0. The zero-order valence-electron chi connectivity index (χ0n) is 12.6. The predicted molar refractivity (Wildman–Crippen MR) is 76.3 cm³/mol. The first-order valence-corrected chi connectivity index (χ1v) is 7.08. The van der Waals surface area contributed by atoms with Crippen molar-refractivity contribution in [1.82, 2.24) is 5.32 Å². The molecular weight excluding hydrogens is 263 g/mol. The largest absolute Gasteiger partial charge is 0.416 e. The Morgan fingerprint density at radius 1 is 0.950 bits per heavy atom. The van der Waals surface area contributed by atoms with Gasteiger partial charge < -0.3 is 5.32 Å². The van der Waals surface area contributed by atoms with Gasteiger partial charge in [-0.1, -0.05) is 39.8 Å². The molecule has 1 nitrogen and oxygen atoms in total. The van der Waals surface area contributed by atoms with E-state index >= 15 is 0 Å². The number of rotatable bonds is 6. The molecule has 0 aliphatic heterocycles. The van der Waals surface area contributed by atoms with E-state index in [1.807, 2.05) is 0 Å². The number of nitrogens with one attached hydrogen (secondary N) is 1. The fraction of sp³-hybridized carbons (Fsp3) is 0.625. The van der Waals surface area contributed by atoms with Crippen LogP contribution in [0.2, 0.25) is 0 Å². The molecule has 1 aromatic carbocycles. The van der Waals surface area contributed by atoms with Gasteiger partial charge in [-0.2, -0.15) is 13.2 Å². The third-order valence-corrected chi connectivity index (χ3v) is 3.70. The van der Waals surface area contributed by atoms with Gasteiger partial charge in [-0.25, -0.2) is 0 Å². The van der Waals surface area contributed by atoms with Gasteiger partial charge >= 0.3 is 6.18 Å². The van der Waals surface area contributed by atoms with Gasteiger partial charge in [0.25, 0.3) is 0 Å². The maximum absolute atomic E-state index is 12.4. The van der Waals surface area contributed by atoms with Crippen LogP contribution < -0.4 is 5.32 Å². The Bertz CT molecular complexity index is 385. The minimum atomic E-state index is -4.26. The summed E-state index contributed by atoms with van der Waals surface area (Å²) < 4.78 is 37.3. The van der Waals surface area contributed by atoms with E-state index in [9.17, 15) is 13.2 Å². The molecule has 0 saturated carbocycles. The van der Waals surface area contributed by atoms with Gasteiger partial charge in [-0.3, -0.25) is 0 Å². The monoisotopic (exact) mass is 287 g/mol. The number of benzene rings is 1. The molecule has 0 heterocycles. The van der Waals surface area contributed by atoms with Crippen molar-refractivity contribution in [2.45, 2.75) is 40.4 Å². The van der Waals surface area contributed by atoms with Gasteiger partial charge in [0.1, 0.15) is 0 Å². The molecule has 0 aliphatic rings. The molecular formula is C16H24F3N. The topological polar surface area (TPSA) is 12.0 Å². The van der Waals surface area contributed by atoms with Gasteiger partial charge in [0.05, 0.1) is 5.56 Å². The lowest BCUT2D eigenvalue weighted by Gasteiger charge is -2.25. The van der Waals surface area contributed by atoms with E-state index in [4.69, 9.17) is 0 Å². The second-order valence-electron chi connectivity index (χ2n) is 5.98. The van der Waals surface area contributed by atoms with E-state index in [1.54, 1.807) is 0 Å². The Labute approximate surface area is 119 Å². The van der Waals surface area contributed by atoms with Crippen LogP contribution in [0.3, 0.4) is 0 Å². The fourth-order valence-corrected chi connectivity index (χ4v) is 2.44. The first-order chi connectivity index (χ1) is 9.21. The Balaban J connectivity index is 2.50. The van der Waals surface area contributed by atoms with Gasteiger partial charge in [0, 0.05) is 6.54 Å². The molecule has 1 rings (SSSR count). The van der Waals surface area contributed by atoms with Crippen molar-refractivity contribution >= 4 is 0 Å². The maximum atomic E-state index is 12.4. The molecule has 1 aromatic rings. The summed E-state index contributed by atoms with van der Waals surface area (Å²) in [6.45, 7) is 10.3. The molecule has 0 fully saturated rings. The Hall–Kier alpha value is -1.03. The zero-order chi connectivity index (χ0) is 15.3. The summed E-state index contributed by atoms with van der Waals surface area (Å²) in [5.41, 5.74) is 0.285. The Kier molecular flexibility index (Phi) is 6.06. The lowest BCUT2D eigenvalue weighted by Crippen LogP contribution is -2.29. The molecule has 0 amide bonds. The molecule has 0 saturated heterocycles. The van der Waals surface area contributed by atoms with Crippen molar-refractivity contribution in [2.75, 3.05) is 6.54 Å². The zero-order valence-corrected chi connectivity index (χ0v) is 12.6. The highest BCUT2D eigenvalue weighted by Crippen LogP contribution is 2.29. The number of hydrogen-bond donors (Lipinski definition) is 1. The lowest BCUT2D eigenvalue weighted by molar-refractivity contribution is -0.137. The van der Waals surface area contributed by atoms with Crippen LogP contribution in [-0.4, -0.2) is 6.54 Å². The number of hydrogen-bond acceptors (Lipinski definition) is 1. The van der Waals surface area contributed by atoms with Crippen molar-refractivity contribution in [2.24, 2.45) is 17.8 Å². The molecule has 20 heavy (non-hydrogen) atoms. The summed E-state index contributed by atoms with van der Waals surface area (Å²) in [5.74, 6) is 1.76. The number of alkyl halides is 3. The standard InChI is InChI=1S/C16H24F3N/c1-11(2)15(12(3)4)10-20-9-13-5-7-14(8-6-13)16(17,18)19/h5-8,11-12,15,20H,9-10H2,1-4H3. The Morgan fingerprint density at radius 3 is 1.85 bits per heavy atom. The van der Waals surface area contributed by atoms with Crippen LogP contribution in [0.15, 0.2) is 24.3 Å². The van der Waals surface area contributed by atoms with E-state index in [-0.39, 0.29) is 0 Å². The van der Waals surface area contributed by atoms with Crippen molar-refractivity contribution in [1.29, 1.82) is 0 Å². The highest BCUT2D eigenvalue weighted by Gasteiger charge is 2.29. The normalized spacial score (nSPS) is 12.7. The van der Waals surface area contributed by atoms with Gasteiger partial charge in [0.2, 0.25) is 0 Å². The summed E-state index contributed by atoms with van der Waals surface area (Å²) in [4.78, 5) is 0. The molecule has 0 aliphatic carbocycles. The smallest absolute Gasteiger partial charge is 0.312 e. The molecule has 1 N–H and O–H groups in total. The van der Waals surface area contributed by atoms with Gasteiger partial charge in [-0.15, -0.1) is 0 Å². The van der Waals surface area contributed by atoms with Crippen LogP contribution >= 0.6 is 0 Å². The van der Waals surface area contributed by atoms with Crippen LogP contribution in [0.25, 0.3) is 0 Å².